The summed E-state index contributed by atoms with van der Waals surface area (Å²) in [7, 11) is 0. The van der Waals surface area contributed by atoms with Gasteiger partial charge in [-0.1, -0.05) is 30.3 Å². The zero-order chi connectivity index (χ0) is 26.6. The van der Waals surface area contributed by atoms with Crippen LogP contribution in [0.4, 0.5) is 26.3 Å². The highest BCUT2D eigenvalue weighted by molar-refractivity contribution is 6.02. The minimum atomic E-state index is -4.92. The monoisotopic (exact) mass is 513 g/mol. The Labute approximate surface area is 203 Å². The zero-order valence-corrected chi connectivity index (χ0v) is 19.3. The fourth-order valence-corrected chi connectivity index (χ4v) is 4.02. The third kappa shape index (κ3) is 6.62. The van der Waals surface area contributed by atoms with Crippen molar-refractivity contribution < 1.29 is 31.1 Å². The summed E-state index contributed by atoms with van der Waals surface area (Å²) in [6.45, 7) is 0.850. The van der Waals surface area contributed by atoms with Crippen LogP contribution in [-0.2, 0) is 11.2 Å². The molecular weight excluding hydrogens is 488 g/mol. The molecule has 1 amide bonds. The summed E-state index contributed by atoms with van der Waals surface area (Å²) >= 11 is 0. The molecule has 0 aromatic heterocycles. The average molecular weight is 513 g/mol. The number of alkyl halides is 3. The molecule has 6 nitrogen and oxygen atoms in total. The molecule has 1 heterocycles. The lowest BCUT2D eigenvalue weighted by Gasteiger charge is -2.37. The lowest BCUT2D eigenvalue weighted by Crippen LogP contribution is -2.57. The molecule has 1 aliphatic heterocycles. The molecule has 0 radical (unpaired) electrons. The first-order valence-electron chi connectivity index (χ1n) is 11.1. The van der Waals surface area contributed by atoms with Crippen LogP contribution in [-0.4, -0.2) is 59.2 Å². The molecule has 2 aromatic rings. The minimum Gasteiger partial charge on any atom is -0.333 e. The van der Waals surface area contributed by atoms with Crippen molar-refractivity contribution in [1.82, 2.24) is 15.1 Å². The Kier molecular flexibility index (Phi) is 8.39. The van der Waals surface area contributed by atoms with E-state index in [1.165, 1.54) is 4.90 Å². The second-order valence-corrected chi connectivity index (χ2v) is 8.52. The Hall–Kier alpha value is -3.41. The predicted molar refractivity (Wildman–Crippen MR) is 121 cm³/mol. The third-order valence-corrected chi connectivity index (χ3v) is 5.91. The van der Waals surface area contributed by atoms with Gasteiger partial charge in [-0.25, -0.2) is 13.2 Å². The van der Waals surface area contributed by atoms with Crippen molar-refractivity contribution in [2.75, 3.05) is 19.6 Å². The Morgan fingerprint density at radius 1 is 1.06 bits per heavy atom. The number of carbonyl (C=O) groups is 1. The summed E-state index contributed by atoms with van der Waals surface area (Å²) < 4.78 is 80.0. The molecule has 0 saturated carbocycles. The van der Waals surface area contributed by atoms with Gasteiger partial charge < -0.3 is 15.1 Å². The van der Waals surface area contributed by atoms with Crippen LogP contribution in [0.5, 0.6) is 0 Å². The smallest absolute Gasteiger partial charge is 0.333 e. The molecule has 3 rings (SSSR count). The van der Waals surface area contributed by atoms with Gasteiger partial charge in [0.2, 0.25) is 11.7 Å². The lowest BCUT2D eigenvalue weighted by molar-refractivity contribution is -0.131. The molecule has 1 saturated heterocycles. The van der Waals surface area contributed by atoms with Crippen molar-refractivity contribution in [3.63, 3.8) is 0 Å². The Balaban J connectivity index is 1.75. The molecule has 2 aromatic carbocycles. The van der Waals surface area contributed by atoms with Gasteiger partial charge in [-0.2, -0.15) is 13.2 Å². The molecule has 194 valence electrons. The fourth-order valence-electron chi connectivity index (χ4n) is 4.02. The molecule has 3 N–H and O–H groups in total. The number of halogens is 6. The van der Waals surface area contributed by atoms with Crippen molar-refractivity contribution in [3.8, 4) is 0 Å². The number of piperazine rings is 1. The van der Waals surface area contributed by atoms with Gasteiger partial charge in [0.25, 0.3) is 0 Å². The van der Waals surface area contributed by atoms with E-state index in [-0.39, 0.29) is 37.5 Å². The van der Waals surface area contributed by atoms with Crippen molar-refractivity contribution in [3.05, 3.63) is 71.0 Å². The van der Waals surface area contributed by atoms with Crippen LogP contribution in [0.3, 0.4) is 0 Å². The van der Waals surface area contributed by atoms with Crippen LogP contribution < -0.4 is 5.32 Å². The number of hydrogen-bond donors (Lipinski definition) is 3. The Morgan fingerprint density at radius 2 is 1.69 bits per heavy atom. The van der Waals surface area contributed by atoms with Gasteiger partial charge in [-0.3, -0.25) is 15.6 Å². The fraction of sp³-hybridized carbons (Fsp3) is 0.375. The van der Waals surface area contributed by atoms with Crippen LogP contribution in [0.2, 0.25) is 0 Å². The highest BCUT2D eigenvalue weighted by Crippen LogP contribution is 2.22. The van der Waals surface area contributed by atoms with E-state index in [1.807, 2.05) is 37.3 Å². The van der Waals surface area contributed by atoms with Gasteiger partial charge in [0.1, 0.15) is 11.7 Å². The topological polar surface area (TPSA) is 83.3 Å². The van der Waals surface area contributed by atoms with E-state index < -0.39 is 53.8 Å². The molecule has 0 unspecified atom stereocenters. The average Bonchev–Trinajstić information content (AvgIpc) is 2.81. The first-order valence-corrected chi connectivity index (χ1v) is 11.1. The predicted octanol–water partition coefficient (Wildman–Crippen LogP) is 4.42. The maximum Gasteiger partial charge on any atom is 0.449 e. The summed E-state index contributed by atoms with van der Waals surface area (Å²) in [5.41, 5.74) is 0.720. The summed E-state index contributed by atoms with van der Waals surface area (Å²) in [6.07, 6.45) is -5.32. The number of nitrogens with zero attached hydrogens (tertiary/aromatic N) is 2. The quantitative estimate of drug-likeness (QED) is 0.222. The van der Waals surface area contributed by atoms with Gasteiger partial charge in [-0.05, 0) is 30.5 Å². The van der Waals surface area contributed by atoms with Crippen molar-refractivity contribution in [2.45, 2.75) is 38.0 Å². The molecule has 12 heteroatoms. The summed E-state index contributed by atoms with van der Waals surface area (Å²) in [5, 5.41) is 18.3. The number of benzene rings is 2. The van der Waals surface area contributed by atoms with E-state index in [1.54, 1.807) is 0 Å². The van der Waals surface area contributed by atoms with Crippen molar-refractivity contribution in [1.29, 1.82) is 10.8 Å². The molecule has 1 aliphatic rings. The van der Waals surface area contributed by atoms with Crippen LogP contribution in [0, 0.1) is 28.3 Å². The van der Waals surface area contributed by atoms with E-state index in [0.29, 0.717) is 11.0 Å². The zero-order valence-electron chi connectivity index (χ0n) is 19.3. The molecule has 2 atom stereocenters. The minimum absolute atomic E-state index is 0.143. The first kappa shape index (κ1) is 27.2. The van der Waals surface area contributed by atoms with Crippen LogP contribution in [0.15, 0.2) is 42.5 Å². The van der Waals surface area contributed by atoms with E-state index in [9.17, 15) is 31.1 Å². The van der Waals surface area contributed by atoms with E-state index in [2.05, 4.69) is 5.32 Å². The SMILES string of the molecule is C[C@@H](N[C@@H](CC(=O)N1CCN(C(=N)C(F)(F)F)C(=N)C1)Cc1cc(F)c(F)cc1F)c1ccccc1. The van der Waals surface area contributed by atoms with Gasteiger partial charge in [0.05, 0.1) is 6.54 Å². The molecule has 0 spiro atoms. The highest BCUT2D eigenvalue weighted by Gasteiger charge is 2.41. The van der Waals surface area contributed by atoms with Crippen LogP contribution in [0.1, 0.15) is 30.5 Å². The van der Waals surface area contributed by atoms with Gasteiger partial charge >= 0.3 is 6.18 Å². The second-order valence-electron chi connectivity index (χ2n) is 8.52. The Bertz CT molecular complexity index is 1120. The molecule has 36 heavy (non-hydrogen) atoms. The number of amidine groups is 2. The molecular formula is C24H25F6N5O. The maximum absolute atomic E-state index is 14.3. The third-order valence-electron chi connectivity index (χ3n) is 5.91. The number of hydrogen-bond acceptors (Lipinski definition) is 4. The second kappa shape index (κ2) is 11.1. The van der Waals surface area contributed by atoms with E-state index >= 15 is 0 Å². The van der Waals surface area contributed by atoms with Crippen LogP contribution >= 0.6 is 0 Å². The number of nitrogens with one attached hydrogen (secondary N) is 3. The Morgan fingerprint density at radius 3 is 2.31 bits per heavy atom. The number of rotatable bonds is 7. The van der Waals surface area contributed by atoms with Gasteiger partial charge in [0.15, 0.2) is 11.6 Å². The molecule has 0 aliphatic carbocycles. The van der Waals surface area contributed by atoms with Gasteiger partial charge in [0, 0.05) is 37.7 Å². The lowest BCUT2D eigenvalue weighted by atomic mass is 9.99. The van der Waals surface area contributed by atoms with Crippen LogP contribution in [0.25, 0.3) is 0 Å². The number of amides is 1. The standard InChI is InChI=1S/C24H25F6N5O/c1-14(15-5-3-2-4-6-15)33-17(9-16-10-19(26)20(27)12-18(16)25)11-22(36)34-7-8-35(21(31)13-34)23(32)24(28,29)30/h2-6,10,12,14,17,31-33H,7-9,11,13H2,1H3/t14-,17-/m1/s1. The summed E-state index contributed by atoms with van der Waals surface area (Å²) in [6, 6.07) is 9.23. The van der Waals surface area contributed by atoms with E-state index in [4.69, 9.17) is 10.8 Å². The van der Waals surface area contributed by atoms with Gasteiger partial charge in [-0.15, -0.1) is 0 Å². The number of carbonyl (C=O) groups excluding carboxylic acids is 1. The summed E-state index contributed by atoms with van der Waals surface area (Å²) in [5.74, 6) is -6.28. The largest absolute Gasteiger partial charge is 0.449 e. The van der Waals surface area contributed by atoms with Crippen molar-refractivity contribution >= 4 is 17.6 Å². The highest BCUT2D eigenvalue weighted by atomic mass is 19.4. The summed E-state index contributed by atoms with van der Waals surface area (Å²) in [4.78, 5) is 14.7. The molecule has 0 bridgehead atoms. The normalized spacial score (nSPS) is 16.1. The van der Waals surface area contributed by atoms with E-state index in [0.717, 1.165) is 11.6 Å². The maximum atomic E-state index is 14.3. The first-order chi connectivity index (χ1) is 16.9. The molecule has 1 fully saturated rings. The van der Waals surface area contributed by atoms with Crippen molar-refractivity contribution in [2.24, 2.45) is 0 Å².